The van der Waals surface area contributed by atoms with E-state index in [0.29, 0.717) is 6.42 Å². The average Bonchev–Trinajstić information content (AvgIpc) is 2.49. The summed E-state index contributed by atoms with van der Waals surface area (Å²) < 4.78 is 12.0. The number of hydrogen-bond acceptors (Lipinski definition) is 1. The van der Waals surface area contributed by atoms with Crippen molar-refractivity contribution in [3.63, 3.8) is 0 Å². The van der Waals surface area contributed by atoms with Gasteiger partial charge in [0, 0.05) is 5.54 Å². The van der Waals surface area contributed by atoms with Gasteiger partial charge in [0.15, 0.2) is 0 Å². The van der Waals surface area contributed by atoms with Crippen LogP contribution in [0.15, 0.2) is 0 Å². The van der Waals surface area contributed by atoms with Crippen molar-refractivity contribution >= 4 is 0 Å². The maximum absolute atomic E-state index is 12.0. The summed E-state index contributed by atoms with van der Waals surface area (Å²) in [5.74, 6) is 0. The average molecular weight is 145 g/mol. The fourth-order valence-electron chi connectivity index (χ4n) is 1.30. The molecule has 0 unspecified atom stereocenters. The fourth-order valence-corrected chi connectivity index (χ4v) is 1.30. The Balaban J connectivity index is 2.50. The van der Waals surface area contributed by atoms with Gasteiger partial charge in [0.05, 0.1) is 6.67 Å². The Kier molecular flexibility index (Phi) is 1.75. The van der Waals surface area contributed by atoms with Crippen molar-refractivity contribution in [3.8, 4) is 0 Å². The molecule has 0 aromatic carbocycles. The van der Waals surface area contributed by atoms with E-state index in [9.17, 15) is 4.39 Å². The summed E-state index contributed by atoms with van der Waals surface area (Å²) in [6.07, 6.45) is 2.74. The minimum Gasteiger partial charge on any atom is -0.325 e. The van der Waals surface area contributed by atoms with Crippen LogP contribution in [0.25, 0.3) is 0 Å². The molecule has 0 aromatic heterocycles. The van der Waals surface area contributed by atoms with Gasteiger partial charge in [-0.1, -0.05) is 13.8 Å². The maximum atomic E-state index is 12.0. The van der Waals surface area contributed by atoms with Crippen LogP contribution in [-0.2, 0) is 0 Å². The van der Waals surface area contributed by atoms with E-state index < -0.39 is 0 Å². The van der Waals surface area contributed by atoms with Crippen LogP contribution in [-0.4, -0.2) is 12.2 Å². The van der Waals surface area contributed by atoms with Crippen molar-refractivity contribution in [1.29, 1.82) is 0 Å². The first kappa shape index (κ1) is 7.99. The highest BCUT2D eigenvalue weighted by Crippen LogP contribution is 2.49. The molecule has 10 heavy (non-hydrogen) atoms. The second kappa shape index (κ2) is 2.19. The number of alkyl halides is 1. The standard InChI is InChI=1S/C8H16FN/c1-7(2,5-6-9)8(10)3-4-8/h3-6,10H2,1-2H3. The van der Waals surface area contributed by atoms with Crippen LogP contribution in [0.2, 0.25) is 0 Å². The first-order chi connectivity index (χ1) is 4.52. The maximum Gasteiger partial charge on any atom is 0.0900 e. The van der Waals surface area contributed by atoms with E-state index in [2.05, 4.69) is 13.8 Å². The molecule has 2 N–H and O–H groups in total. The highest BCUT2D eigenvalue weighted by molar-refractivity contribution is 5.08. The van der Waals surface area contributed by atoms with Gasteiger partial charge in [0.2, 0.25) is 0 Å². The Hall–Kier alpha value is -0.110. The van der Waals surface area contributed by atoms with Gasteiger partial charge in [0.1, 0.15) is 0 Å². The molecule has 1 aliphatic rings. The summed E-state index contributed by atoms with van der Waals surface area (Å²) >= 11 is 0. The van der Waals surface area contributed by atoms with Gasteiger partial charge in [-0.15, -0.1) is 0 Å². The van der Waals surface area contributed by atoms with Crippen molar-refractivity contribution in [1.82, 2.24) is 0 Å². The van der Waals surface area contributed by atoms with Gasteiger partial charge < -0.3 is 5.73 Å². The van der Waals surface area contributed by atoms with Gasteiger partial charge in [-0.05, 0) is 24.7 Å². The Morgan fingerprint density at radius 1 is 1.50 bits per heavy atom. The third-order valence-electron chi connectivity index (χ3n) is 2.86. The number of nitrogens with two attached hydrogens (primary N) is 1. The smallest absolute Gasteiger partial charge is 0.0900 e. The molecule has 0 aliphatic heterocycles. The molecule has 1 fully saturated rings. The zero-order valence-electron chi connectivity index (χ0n) is 6.78. The molecule has 0 radical (unpaired) electrons. The second-order valence-corrected chi connectivity index (χ2v) is 3.98. The van der Waals surface area contributed by atoms with Crippen molar-refractivity contribution in [2.75, 3.05) is 6.67 Å². The lowest BCUT2D eigenvalue weighted by Gasteiger charge is -2.30. The van der Waals surface area contributed by atoms with Crippen LogP contribution in [0.4, 0.5) is 4.39 Å². The number of halogens is 1. The molecule has 1 rings (SSSR count). The zero-order chi connectivity index (χ0) is 7.83. The summed E-state index contributed by atoms with van der Waals surface area (Å²) in [6, 6.07) is 0. The minimum atomic E-state index is -0.244. The first-order valence-electron chi connectivity index (χ1n) is 3.87. The number of rotatable bonds is 3. The molecule has 60 valence electrons. The molecule has 0 bridgehead atoms. The Morgan fingerprint density at radius 3 is 2.30 bits per heavy atom. The molecule has 0 heterocycles. The minimum absolute atomic E-state index is 0.00174. The van der Waals surface area contributed by atoms with Crippen molar-refractivity contribution in [3.05, 3.63) is 0 Å². The predicted molar refractivity (Wildman–Crippen MR) is 40.5 cm³/mol. The topological polar surface area (TPSA) is 26.0 Å². The molecular weight excluding hydrogens is 129 g/mol. The lowest BCUT2D eigenvalue weighted by Crippen LogP contribution is -2.40. The highest BCUT2D eigenvalue weighted by atomic mass is 19.1. The van der Waals surface area contributed by atoms with Crippen LogP contribution in [0.3, 0.4) is 0 Å². The summed E-state index contributed by atoms with van der Waals surface area (Å²) in [7, 11) is 0. The first-order valence-corrected chi connectivity index (χ1v) is 3.87. The zero-order valence-corrected chi connectivity index (χ0v) is 6.78. The summed E-state index contributed by atoms with van der Waals surface area (Å²) in [6.45, 7) is 3.87. The SMILES string of the molecule is CC(C)(CCF)C1(N)CC1. The number of hydrogen-bond donors (Lipinski definition) is 1. The van der Waals surface area contributed by atoms with Gasteiger partial charge in [-0.3, -0.25) is 4.39 Å². The van der Waals surface area contributed by atoms with E-state index in [4.69, 9.17) is 5.73 Å². The van der Waals surface area contributed by atoms with E-state index in [1.807, 2.05) is 0 Å². The van der Waals surface area contributed by atoms with E-state index in [-0.39, 0.29) is 17.6 Å². The molecule has 0 aromatic rings. The molecular formula is C8H16FN. The van der Waals surface area contributed by atoms with Crippen molar-refractivity contribution < 1.29 is 4.39 Å². The largest absolute Gasteiger partial charge is 0.325 e. The lowest BCUT2D eigenvalue weighted by molar-refractivity contribution is 0.219. The molecule has 0 amide bonds. The normalized spacial score (nSPS) is 22.8. The van der Waals surface area contributed by atoms with Crippen LogP contribution in [0.5, 0.6) is 0 Å². The fraction of sp³-hybridized carbons (Fsp3) is 1.00. The van der Waals surface area contributed by atoms with E-state index >= 15 is 0 Å². The third kappa shape index (κ3) is 1.17. The van der Waals surface area contributed by atoms with E-state index in [1.54, 1.807) is 0 Å². The third-order valence-corrected chi connectivity index (χ3v) is 2.86. The second-order valence-electron chi connectivity index (χ2n) is 3.98. The van der Waals surface area contributed by atoms with Gasteiger partial charge in [-0.2, -0.15) is 0 Å². The molecule has 1 nitrogen and oxygen atoms in total. The molecule has 0 saturated heterocycles. The molecule has 1 aliphatic carbocycles. The quantitative estimate of drug-likeness (QED) is 0.644. The van der Waals surface area contributed by atoms with Gasteiger partial charge in [-0.25, -0.2) is 0 Å². The van der Waals surface area contributed by atoms with Crippen molar-refractivity contribution in [2.45, 2.75) is 38.6 Å². The molecule has 0 spiro atoms. The van der Waals surface area contributed by atoms with Crippen LogP contribution < -0.4 is 5.73 Å². The molecule has 0 atom stereocenters. The highest BCUT2D eigenvalue weighted by Gasteiger charge is 2.50. The lowest BCUT2D eigenvalue weighted by atomic mass is 9.80. The Morgan fingerprint density at radius 2 is 2.00 bits per heavy atom. The molecule has 1 saturated carbocycles. The predicted octanol–water partition coefficient (Wildman–Crippen LogP) is 1.86. The Labute approximate surface area is 61.8 Å². The van der Waals surface area contributed by atoms with Gasteiger partial charge in [0.25, 0.3) is 0 Å². The van der Waals surface area contributed by atoms with Crippen LogP contribution in [0, 0.1) is 5.41 Å². The van der Waals surface area contributed by atoms with Crippen LogP contribution in [0.1, 0.15) is 33.1 Å². The van der Waals surface area contributed by atoms with Crippen LogP contribution >= 0.6 is 0 Å². The van der Waals surface area contributed by atoms with E-state index in [1.165, 1.54) is 0 Å². The molecule has 2 heteroatoms. The monoisotopic (exact) mass is 145 g/mol. The Bertz CT molecular complexity index is 127. The summed E-state index contributed by atoms with van der Waals surface area (Å²) in [5, 5.41) is 0. The van der Waals surface area contributed by atoms with Crippen molar-refractivity contribution in [2.24, 2.45) is 11.1 Å². The van der Waals surface area contributed by atoms with Gasteiger partial charge >= 0.3 is 0 Å². The van der Waals surface area contributed by atoms with E-state index in [0.717, 1.165) is 12.8 Å². The summed E-state index contributed by atoms with van der Waals surface area (Å²) in [4.78, 5) is 0. The summed E-state index contributed by atoms with van der Waals surface area (Å²) in [5.41, 5.74) is 5.90.